The first-order valence-corrected chi connectivity index (χ1v) is 12.8. The summed E-state index contributed by atoms with van der Waals surface area (Å²) < 4.78 is 49.2. The lowest BCUT2D eigenvalue weighted by Crippen LogP contribution is -2.21. The third-order valence-electron chi connectivity index (χ3n) is 4.19. The van der Waals surface area contributed by atoms with E-state index in [2.05, 4.69) is 4.90 Å². The molecular weight excluding hydrogens is 400 g/mol. The standard InChI is InChI=1S/C19H31NO6P2/c1-5-23-27(21,24-6-2)18-15-20(14-17-12-10-9-11-13-17)16-19(18)28(22,25-7-3)26-8-4/h9-13H,5-8,14-16H2,1-4H3. The molecule has 0 N–H and O–H groups in total. The predicted molar refractivity (Wildman–Crippen MR) is 110 cm³/mol. The van der Waals surface area contributed by atoms with Crippen molar-refractivity contribution in [2.24, 2.45) is 0 Å². The topological polar surface area (TPSA) is 74.3 Å². The fourth-order valence-corrected chi connectivity index (χ4v) is 7.56. The highest BCUT2D eigenvalue weighted by atomic mass is 31.2. The van der Waals surface area contributed by atoms with Crippen LogP contribution in [-0.2, 0) is 33.8 Å². The molecule has 28 heavy (non-hydrogen) atoms. The maximum atomic E-state index is 13.5. The summed E-state index contributed by atoms with van der Waals surface area (Å²) in [7, 11) is -7.21. The second kappa shape index (κ2) is 10.8. The molecule has 0 bridgehead atoms. The van der Waals surface area contributed by atoms with Gasteiger partial charge in [0.1, 0.15) is 0 Å². The zero-order valence-electron chi connectivity index (χ0n) is 17.1. The number of benzene rings is 1. The Morgan fingerprint density at radius 3 is 1.50 bits per heavy atom. The molecule has 1 aliphatic heterocycles. The van der Waals surface area contributed by atoms with Crippen molar-refractivity contribution in [3.8, 4) is 0 Å². The summed E-state index contributed by atoms with van der Waals surface area (Å²) in [6.45, 7) is 9.18. The summed E-state index contributed by atoms with van der Waals surface area (Å²) in [5.41, 5.74) is 1.11. The molecule has 0 atom stereocenters. The van der Waals surface area contributed by atoms with E-state index >= 15 is 0 Å². The summed E-state index contributed by atoms with van der Waals surface area (Å²) in [4.78, 5) is 2.05. The highest BCUT2D eigenvalue weighted by Crippen LogP contribution is 2.67. The molecule has 0 radical (unpaired) electrons. The molecule has 1 aromatic rings. The van der Waals surface area contributed by atoms with Crippen molar-refractivity contribution in [1.82, 2.24) is 4.90 Å². The lowest BCUT2D eigenvalue weighted by Gasteiger charge is -2.22. The van der Waals surface area contributed by atoms with Gasteiger partial charge in [0.25, 0.3) is 0 Å². The molecular formula is C19H31NO6P2. The smallest absolute Gasteiger partial charge is 0.306 e. The molecule has 0 aliphatic carbocycles. The van der Waals surface area contributed by atoms with E-state index in [0.717, 1.165) is 5.56 Å². The SMILES string of the molecule is CCOP(=O)(OCC)C1=C(P(=O)(OCC)OCC)CN(Cc2ccccc2)C1. The molecule has 0 saturated carbocycles. The molecule has 0 fully saturated rings. The molecule has 0 spiro atoms. The van der Waals surface area contributed by atoms with Gasteiger partial charge in [0.15, 0.2) is 0 Å². The van der Waals surface area contributed by atoms with Crippen LogP contribution in [0.15, 0.2) is 41.0 Å². The molecule has 1 heterocycles. The van der Waals surface area contributed by atoms with Crippen molar-refractivity contribution < 1.29 is 27.2 Å². The minimum atomic E-state index is -3.60. The van der Waals surface area contributed by atoms with E-state index in [1.807, 2.05) is 30.3 Å². The van der Waals surface area contributed by atoms with Gasteiger partial charge in [-0.25, -0.2) is 0 Å². The van der Waals surface area contributed by atoms with Gasteiger partial charge in [-0.05, 0) is 33.3 Å². The van der Waals surface area contributed by atoms with Crippen LogP contribution in [0.3, 0.4) is 0 Å². The predicted octanol–water partition coefficient (Wildman–Crippen LogP) is 5.25. The van der Waals surface area contributed by atoms with E-state index in [9.17, 15) is 9.13 Å². The Morgan fingerprint density at radius 2 is 1.14 bits per heavy atom. The summed E-state index contributed by atoms with van der Waals surface area (Å²) in [5.74, 6) is 0. The van der Waals surface area contributed by atoms with Crippen LogP contribution in [-0.4, -0.2) is 44.4 Å². The number of hydrogen-bond donors (Lipinski definition) is 0. The Hall–Kier alpha value is -0.780. The van der Waals surface area contributed by atoms with E-state index in [0.29, 0.717) is 30.3 Å². The molecule has 2 rings (SSSR count). The molecule has 0 aromatic heterocycles. The van der Waals surface area contributed by atoms with Gasteiger partial charge in [0.05, 0.1) is 37.1 Å². The monoisotopic (exact) mass is 431 g/mol. The van der Waals surface area contributed by atoms with E-state index < -0.39 is 15.2 Å². The fourth-order valence-electron chi connectivity index (χ4n) is 3.17. The van der Waals surface area contributed by atoms with Crippen LogP contribution in [0.5, 0.6) is 0 Å². The molecule has 158 valence electrons. The lowest BCUT2D eigenvalue weighted by atomic mass is 10.2. The summed E-state index contributed by atoms with van der Waals surface area (Å²) in [6, 6.07) is 9.94. The summed E-state index contributed by atoms with van der Waals surface area (Å²) in [6.07, 6.45) is 0. The van der Waals surface area contributed by atoms with E-state index in [1.54, 1.807) is 27.7 Å². The van der Waals surface area contributed by atoms with Crippen molar-refractivity contribution in [3.63, 3.8) is 0 Å². The molecule has 7 nitrogen and oxygen atoms in total. The third kappa shape index (κ3) is 5.64. The third-order valence-corrected chi connectivity index (χ3v) is 8.90. The van der Waals surface area contributed by atoms with Crippen LogP contribution < -0.4 is 0 Å². The largest absolute Gasteiger partial charge is 0.359 e. The maximum Gasteiger partial charge on any atom is 0.359 e. The van der Waals surface area contributed by atoms with Gasteiger partial charge in [-0.1, -0.05) is 30.3 Å². The Bertz CT molecular complexity index is 690. The van der Waals surface area contributed by atoms with Crippen LogP contribution in [0.4, 0.5) is 0 Å². The first-order chi connectivity index (χ1) is 13.4. The Morgan fingerprint density at radius 1 is 0.750 bits per heavy atom. The molecule has 9 heteroatoms. The average Bonchev–Trinajstić information content (AvgIpc) is 3.09. The van der Waals surface area contributed by atoms with Gasteiger partial charge in [-0.15, -0.1) is 0 Å². The van der Waals surface area contributed by atoms with Crippen LogP contribution in [0, 0.1) is 0 Å². The van der Waals surface area contributed by atoms with Gasteiger partial charge < -0.3 is 18.1 Å². The molecule has 0 unspecified atom stereocenters. The zero-order chi connectivity index (χ0) is 20.6. The zero-order valence-corrected chi connectivity index (χ0v) is 18.9. The summed E-state index contributed by atoms with van der Waals surface area (Å²) in [5, 5.41) is 0.801. The van der Waals surface area contributed by atoms with Crippen LogP contribution in [0.1, 0.15) is 33.3 Å². The number of rotatable bonds is 12. The van der Waals surface area contributed by atoms with Crippen molar-refractivity contribution in [3.05, 3.63) is 46.5 Å². The highest BCUT2D eigenvalue weighted by molar-refractivity contribution is 7.63. The quantitative estimate of drug-likeness (QED) is 0.419. The second-order valence-corrected chi connectivity index (χ2v) is 10.3. The van der Waals surface area contributed by atoms with Crippen molar-refractivity contribution in [1.29, 1.82) is 0 Å². The molecule has 1 aromatic carbocycles. The van der Waals surface area contributed by atoms with Gasteiger partial charge in [-0.3, -0.25) is 14.0 Å². The minimum Gasteiger partial charge on any atom is -0.306 e. The Kier molecular flexibility index (Phi) is 9.10. The fraction of sp³-hybridized carbons (Fsp3) is 0.579. The first-order valence-electron chi connectivity index (χ1n) is 9.70. The van der Waals surface area contributed by atoms with Crippen LogP contribution in [0.25, 0.3) is 0 Å². The van der Waals surface area contributed by atoms with Crippen molar-refractivity contribution >= 4 is 15.2 Å². The Labute approximate surface area is 168 Å². The molecule has 1 aliphatic rings. The molecule has 0 saturated heterocycles. The maximum absolute atomic E-state index is 13.5. The van der Waals surface area contributed by atoms with Crippen molar-refractivity contribution in [2.75, 3.05) is 39.5 Å². The van der Waals surface area contributed by atoms with Gasteiger partial charge >= 0.3 is 15.2 Å². The van der Waals surface area contributed by atoms with E-state index in [4.69, 9.17) is 18.1 Å². The van der Waals surface area contributed by atoms with E-state index in [1.165, 1.54) is 0 Å². The normalized spacial score (nSPS) is 16.1. The summed E-state index contributed by atoms with van der Waals surface area (Å²) >= 11 is 0. The average molecular weight is 431 g/mol. The van der Waals surface area contributed by atoms with Crippen LogP contribution >= 0.6 is 15.2 Å². The van der Waals surface area contributed by atoms with Crippen LogP contribution in [0.2, 0.25) is 0 Å². The van der Waals surface area contributed by atoms with E-state index in [-0.39, 0.29) is 26.4 Å². The number of nitrogens with zero attached hydrogens (tertiary/aromatic N) is 1. The second-order valence-electron chi connectivity index (χ2n) is 6.19. The first kappa shape index (κ1) is 23.5. The Balaban J connectivity index is 2.43. The highest BCUT2D eigenvalue weighted by Gasteiger charge is 2.45. The lowest BCUT2D eigenvalue weighted by molar-refractivity contribution is 0.221. The molecule has 0 amide bonds. The number of hydrogen-bond acceptors (Lipinski definition) is 7. The van der Waals surface area contributed by atoms with Gasteiger partial charge in [-0.2, -0.15) is 0 Å². The minimum absolute atomic E-state index is 0.223. The van der Waals surface area contributed by atoms with Crippen molar-refractivity contribution in [2.45, 2.75) is 34.2 Å². The van der Waals surface area contributed by atoms with Gasteiger partial charge in [0.2, 0.25) is 0 Å². The van der Waals surface area contributed by atoms with Gasteiger partial charge in [0, 0.05) is 19.6 Å².